The predicted octanol–water partition coefficient (Wildman–Crippen LogP) is 4.82. The third kappa shape index (κ3) is 3.86. The molecule has 0 bridgehead atoms. The van der Waals surface area contributed by atoms with E-state index in [0.29, 0.717) is 5.56 Å². The molecular weight excluding hydrogens is 286 g/mol. The molecule has 3 aromatic rings. The summed E-state index contributed by atoms with van der Waals surface area (Å²) in [5, 5.41) is 10.6. The zero-order valence-corrected chi connectivity index (χ0v) is 12.6. The van der Waals surface area contributed by atoms with Crippen molar-refractivity contribution in [1.29, 1.82) is 0 Å². The molecular formula is C17H16ClNO2. The van der Waals surface area contributed by atoms with Crippen LogP contribution < -0.4 is 0 Å². The smallest absolute Gasteiger partial charge is 0.335 e. The second kappa shape index (κ2) is 6.46. The minimum Gasteiger partial charge on any atom is -0.478 e. The predicted molar refractivity (Wildman–Crippen MR) is 86.2 cm³/mol. The molecule has 3 nitrogen and oxygen atoms in total. The van der Waals surface area contributed by atoms with E-state index < -0.39 is 5.97 Å². The molecule has 0 aliphatic heterocycles. The number of aromatic carboxylic acids is 1. The molecule has 2 N–H and O–H groups in total. The molecule has 3 rings (SSSR count). The molecule has 108 valence electrons. The first kappa shape index (κ1) is 15.1. The van der Waals surface area contributed by atoms with Gasteiger partial charge in [-0.3, -0.25) is 0 Å². The van der Waals surface area contributed by atoms with Crippen LogP contribution in [0.2, 0.25) is 5.02 Å². The van der Waals surface area contributed by atoms with Crippen molar-refractivity contribution < 1.29 is 9.90 Å². The van der Waals surface area contributed by atoms with Crippen molar-refractivity contribution in [3.8, 4) is 0 Å². The summed E-state index contributed by atoms with van der Waals surface area (Å²) in [5.74, 6) is -0.859. The van der Waals surface area contributed by atoms with Gasteiger partial charge in [0.2, 0.25) is 0 Å². The number of hydrogen-bond acceptors (Lipinski definition) is 1. The first-order valence-electron chi connectivity index (χ1n) is 6.50. The number of aromatic nitrogens is 1. The summed E-state index contributed by atoms with van der Waals surface area (Å²) in [4.78, 5) is 13.6. The number of aromatic amines is 1. The summed E-state index contributed by atoms with van der Waals surface area (Å²) < 4.78 is 0. The highest BCUT2D eigenvalue weighted by Crippen LogP contribution is 2.17. The van der Waals surface area contributed by atoms with Gasteiger partial charge in [0.15, 0.2) is 0 Å². The molecule has 2 aromatic carbocycles. The maximum absolute atomic E-state index is 10.5. The van der Waals surface area contributed by atoms with Crippen LogP contribution in [0.15, 0.2) is 48.7 Å². The Morgan fingerprint density at radius 3 is 2.52 bits per heavy atom. The monoisotopic (exact) mass is 301 g/mol. The van der Waals surface area contributed by atoms with Crippen LogP contribution in [0.1, 0.15) is 21.5 Å². The minimum atomic E-state index is -0.859. The van der Waals surface area contributed by atoms with Crippen molar-refractivity contribution >= 4 is 28.5 Å². The third-order valence-corrected chi connectivity index (χ3v) is 3.36. The van der Waals surface area contributed by atoms with E-state index in [1.165, 1.54) is 0 Å². The number of hydrogen-bond donors (Lipinski definition) is 2. The van der Waals surface area contributed by atoms with Gasteiger partial charge in [0.05, 0.1) is 5.56 Å². The van der Waals surface area contributed by atoms with Gasteiger partial charge in [-0.2, -0.15) is 0 Å². The van der Waals surface area contributed by atoms with E-state index in [1.54, 1.807) is 19.1 Å². The number of carboxylic acids is 1. The quantitative estimate of drug-likeness (QED) is 0.677. The van der Waals surface area contributed by atoms with Crippen molar-refractivity contribution in [2.45, 2.75) is 13.8 Å². The summed E-state index contributed by atoms with van der Waals surface area (Å²) in [6, 6.07) is 13.1. The molecule has 1 aromatic heterocycles. The highest BCUT2D eigenvalue weighted by atomic mass is 35.5. The topological polar surface area (TPSA) is 53.1 Å². The zero-order valence-electron chi connectivity index (χ0n) is 11.9. The molecule has 0 amide bonds. The van der Waals surface area contributed by atoms with Crippen LogP contribution in [0, 0.1) is 13.8 Å². The summed E-state index contributed by atoms with van der Waals surface area (Å²) in [6.45, 7) is 3.75. The Morgan fingerprint density at radius 2 is 1.86 bits per heavy atom. The van der Waals surface area contributed by atoms with Crippen molar-refractivity contribution in [1.82, 2.24) is 4.98 Å². The molecule has 1 heterocycles. The van der Waals surface area contributed by atoms with Crippen LogP contribution >= 0.6 is 11.6 Å². The summed E-state index contributed by atoms with van der Waals surface area (Å²) in [6.07, 6.45) is 1.90. The Bertz CT molecular complexity index is 777. The van der Waals surface area contributed by atoms with E-state index in [4.69, 9.17) is 16.7 Å². The molecule has 0 saturated carbocycles. The third-order valence-electron chi connectivity index (χ3n) is 3.13. The van der Waals surface area contributed by atoms with Gasteiger partial charge in [-0.1, -0.05) is 29.3 Å². The number of benzene rings is 2. The fraction of sp³-hybridized carbons (Fsp3) is 0.118. The number of carbonyl (C=O) groups is 1. The van der Waals surface area contributed by atoms with E-state index in [0.717, 1.165) is 27.1 Å². The summed E-state index contributed by atoms with van der Waals surface area (Å²) >= 11 is 5.76. The second-order valence-corrected chi connectivity index (χ2v) is 5.27. The van der Waals surface area contributed by atoms with Gasteiger partial charge in [-0.05, 0) is 49.7 Å². The van der Waals surface area contributed by atoms with Gasteiger partial charge in [0.1, 0.15) is 0 Å². The number of aryl methyl sites for hydroxylation is 2. The van der Waals surface area contributed by atoms with E-state index in [1.807, 2.05) is 43.5 Å². The van der Waals surface area contributed by atoms with Crippen molar-refractivity contribution in [2.75, 3.05) is 0 Å². The van der Waals surface area contributed by atoms with Gasteiger partial charge in [0, 0.05) is 22.1 Å². The number of rotatable bonds is 1. The van der Waals surface area contributed by atoms with Gasteiger partial charge in [-0.15, -0.1) is 0 Å². The van der Waals surface area contributed by atoms with Crippen molar-refractivity contribution in [3.63, 3.8) is 0 Å². The second-order valence-electron chi connectivity index (χ2n) is 4.83. The molecule has 0 radical (unpaired) electrons. The summed E-state index contributed by atoms with van der Waals surface area (Å²) in [5.41, 5.74) is 3.42. The lowest BCUT2D eigenvalue weighted by Crippen LogP contribution is -1.99. The first-order chi connectivity index (χ1) is 9.97. The Hall–Kier alpha value is -2.26. The molecule has 4 heteroatoms. The Kier molecular flexibility index (Phi) is 4.66. The van der Waals surface area contributed by atoms with Crippen LogP contribution in [0.5, 0.6) is 0 Å². The Morgan fingerprint density at radius 1 is 1.10 bits per heavy atom. The van der Waals surface area contributed by atoms with Gasteiger partial charge < -0.3 is 10.1 Å². The van der Waals surface area contributed by atoms with E-state index >= 15 is 0 Å². The van der Waals surface area contributed by atoms with E-state index in [9.17, 15) is 4.79 Å². The fourth-order valence-electron chi connectivity index (χ4n) is 2.08. The highest BCUT2D eigenvalue weighted by molar-refractivity contribution is 6.31. The molecule has 0 aliphatic rings. The lowest BCUT2D eigenvalue weighted by Gasteiger charge is -2.00. The maximum atomic E-state index is 10.5. The molecule has 0 aliphatic carbocycles. The normalized spacial score (nSPS) is 10.0. The number of nitrogens with one attached hydrogen (secondary N) is 1. The highest BCUT2D eigenvalue weighted by Gasteiger charge is 2.04. The van der Waals surface area contributed by atoms with E-state index in [2.05, 4.69) is 4.98 Å². The van der Waals surface area contributed by atoms with Crippen LogP contribution in [-0.4, -0.2) is 16.1 Å². The zero-order chi connectivity index (χ0) is 15.4. The number of H-pyrrole nitrogens is 1. The Balaban J connectivity index is 0.000000154. The maximum Gasteiger partial charge on any atom is 0.335 e. The molecule has 0 saturated heterocycles. The van der Waals surface area contributed by atoms with Crippen LogP contribution in [0.4, 0.5) is 0 Å². The lowest BCUT2D eigenvalue weighted by atomic mass is 10.1. The van der Waals surface area contributed by atoms with Gasteiger partial charge in [0.25, 0.3) is 0 Å². The van der Waals surface area contributed by atoms with Crippen LogP contribution in [0.25, 0.3) is 10.9 Å². The molecule has 0 unspecified atom stereocenters. The van der Waals surface area contributed by atoms with Crippen LogP contribution in [-0.2, 0) is 0 Å². The molecule has 0 spiro atoms. The first-order valence-corrected chi connectivity index (χ1v) is 6.88. The lowest BCUT2D eigenvalue weighted by molar-refractivity contribution is 0.0696. The fourth-order valence-corrected chi connectivity index (χ4v) is 2.26. The van der Waals surface area contributed by atoms with Crippen molar-refractivity contribution in [2.24, 2.45) is 0 Å². The summed E-state index contributed by atoms with van der Waals surface area (Å²) in [7, 11) is 0. The average Bonchev–Trinajstić information content (AvgIpc) is 2.86. The van der Waals surface area contributed by atoms with Crippen LogP contribution in [0.3, 0.4) is 0 Å². The molecule has 0 atom stereocenters. The molecule has 21 heavy (non-hydrogen) atoms. The Labute approximate surface area is 128 Å². The number of fused-ring (bicyclic) bond motifs is 1. The van der Waals surface area contributed by atoms with Crippen molar-refractivity contribution in [3.05, 3.63) is 70.4 Å². The number of carboxylic acid groups (broad SMARTS) is 1. The SMILES string of the molecule is Cc1ccc(C(=O)O)c(C)c1.Clc1ccc2[nH]ccc2c1. The van der Waals surface area contributed by atoms with E-state index in [-0.39, 0.29) is 0 Å². The molecule has 0 fully saturated rings. The van der Waals surface area contributed by atoms with Gasteiger partial charge >= 0.3 is 5.97 Å². The largest absolute Gasteiger partial charge is 0.478 e. The van der Waals surface area contributed by atoms with Gasteiger partial charge in [-0.25, -0.2) is 4.79 Å². The standard InChI is InChI=1S/C9H10O2.C8H6ClN/c1-6-3-4-8(9(10)11)7(2)5-6;9-7-1-2-8-6(5-7)3-4-10-8/h3-5H,1-2H3,(H,10,11);1-5,10H. The number of halogens is 1. The average molecular weight is 302 g/mol. The minimum absolute atomic E-state index is 0.385.